The van der Waals surface area contributed by atoms with Gasteiger partial charge in [0.1, 0.15) is 12.1 Å². The van der Waals surface area contributed by atoms with Crippen molar-refractivity contribution in [3.63, 3.8) is 0 Å². The third kappa shape index (κ3) is 2.90. The Balaban J connectivity index is 1.47. The van der Waals surface area contributed by atoms with E-state index in [1.807, 2.05) is 4.68 Å². The van der Waals surface area contributed by atoms with Gasteiger partial charge < -0.3 is 5.32 Å². The summed E-state index contributed by atoms with van der Waals surface area (Å²) in [6, 6.07) is 3.16. The summed E-state index contributed by atoms with van der Waals surface area (Å²) in [6.07, 6.45) is 6.58. The second kappa shape index (κ2) is 6.22. The number of anilines is 1. The number of nitrogens with zero attached hydrogens (tertiary/aromatic N) is 4. The molecule has 6 rings (SSSR count). The molecule has 8 nitrogen and oxygen atoms in total. The maximum Gasteiger partial charge on any atom is 0.271 e. The summed E-state index contributed by atoms with van der Waals surface area (Å²) in [5.41, 5.74) is -1.39. The summed E-state index contributed by atoms with van der Waals surface area (Å²) >= 11 is 5.94. The molecular weight excluding hydrogens is 401 g/mol. The number of benzene rings is 1. The summed E-state index contributed by atoms with van der Waals surface area (Å²) in [7, 11) is 0. The predicted octanol–water partition coefficient (Wildman–Crippen LogP) is 3.91. The third-order valence-electron chi connectivity index (χ3n) is 6.87. The molecule has 1 amide bonds. The molecule has 152 valence electrons. The molecule has 10 heteroatoms. The first-order valence-electron chi connectivity index (χ1n) is 9.62. The Labute approximate surface area is 170 Å². The fourth-order valence-electron chi connectivity index (χ4n) is 6.20. The van der Waals surface area contributed by atoms with E-state index in [-0.39, 0.29) is 28.1 Å². The topological polar surface area (TPSA) is 103 Å². The molecule has 2 unspecified atom stereocenters. The minimum atomic E-state index is -0.688. The number of amides is 1. The van der Waals surface area contributed by atoms with Gasteiger partial charge in [0.2, 0.25) is 11.2 Å². The number of aromatic nitrogens is 3. The van der Waals surface area contributed by atoms with Gasteiger partial charge in [0.15, 0.2) is 0 Å². The van der Waals surface area contributed by atoms with Crippen LogP contribution in [0.15, 0.2) is 24.5 Å². The molecule has 2 aromatic rings. The maximum atomic E-state index is 14.2. The number of hydrogen-bond donors (Lipinski definition) is 1. The lowest BCUT2D eigenvalue weighted by Crippen LogP contribution is -2.60. The van der Waals surface area contributed by atoms with E-state index >= 15 is 0 Å². The molecule has 4 bridgehead atoms. The Hall–Kier alpha value is -2.55. The average molecular weight is 420 g/mol. The first-order chi connectivity index (χ1) is 13.8. The molecular formula is C19H19ClFN5O3. The molecule has 29 heavy (non-hydrogen) atoms. The van der Waals surface area contributed by atoms with Crippen molar-refractivity contribution in [2.24, 2.45) is 17.3 Å². The number of non-ortho nitro benzene ring substituents is 1. The number of carbonyl (C=O) groups is 1. The van der Waals surface area contributed by atoms with E-state index in [4.69, 9.17) is 11.6 Å². The largest absolute Gasteiger partial charge is 0.323 e. The summed E-state index contributed by atoms with van der Waals surface area (Å²) in [6.45, 7) is 0. The molecule has 0 aliphatic heterocycles. The van der Waals surface area contributed by atoms with Crippen molar-refractivity contribution in [3.8, 4) is 0 Å². The van der Waals surface area contributed by atoms with E-state index < -0.39 is 16.2 Å². The van der Waals surface area contributed by atoms with Gasteiger partial charge in [-0.3, -0.25) is 14.9 Å². The van der Waals surface area contributed by atoms with Crippen LogP contribution in [0.2, 0.25) is 5.28 Å². The minimum absolute atomic E-state index is 0.155. The zero-order valence-electron chi connectivity index (χ0n) is 15.5. The van der Waals surface area contributed by atoms with Crippen LogP contribution in [-0.2, 0) is 10.3 Å². The molecule has 0 spiro atoms. The van der Waals surface area contributed by atoms with E-state index in [0.717, 1.165) is 50.3 Å². The SMILES string of the molecule is O=C(Nc1cc([N+](=O)[O-])ccc1F)C12C[C@H]3C[C@@H](C1)CC(n1cnc(Cl)n1)(C3)C2. The monoisotopic (exact) mass is 419 g/mol. The van der Waals surface area contributed by atoms with Crippen molar-refractivity contribution in [2.45, 2.75) is 44.1 Å². The summed E-state index contributed by atoms with van der Waals surface area (Å²) in [5.74, 6) is -0.215. The van der Waals surface area contributed by atoms with Crippen molar-refractivity contribution in [1.29, 1.82) is 0 Å². The van der Waals surface area contributed by atoms with Crippen LogP contribution in [-0.4, -0.2) is 25.6 Å². The quantitative estimate of drug-likeness (QED) is 0.597. The van der Waals surface area contributed by atoms with Crippen LogP contribution in [0.1, 0.15) is 38.5 Å². The second-order valence-electron chi connectivity index (χ2n) is 8.80. The predicted molar refractivity (Wildman–Crippen MR) is 102 cm³/mol. The number of rotatable bonds is 4. The number of nitro benzene ring substituents is 1. The fraction of sp³-hybridized carbons (Fsp3) is 0.526. The molecule has 0 saturated heterocycles. The molecule has 1 aromatic heterocycles. The van der Waals surface area contributed by atoms with Crippen LogP contribution in [0.25, 0.3) is 0 Å². The Morgan fingerprint density at radius 1 is 1.31 bits per heavy atom. The first-order valence-corrected chi connectivity index (χ1v) is 9.99. The van der Waals surface area contributed by atoms with Crippen molar-refractivity contribution >= 4 is 28.9 Å². The smallest absolute Gasteiger partial charge is 0.271 e. The Bertz CT molecular complexity index is 1010. The number of halogens is 2. The van der Waals surface area contributed by atoms with E-state index in [0.29, 0.717) is 18.3 Å². The van der Waals surface area contributed by atoms with E-state index in [1.54, 1.807) is 6.33 Å². The number of carbonyl (C=O) groups excluding carboxylic acids is 1. The molecule has 1 heterocycles. The normalized spacial score (nSPS) is 32.3. The zero-order chi connectivity index (χ0) is 20.4. The highest BCUT2D eigenvalue weighted by atomic mass is 35.5. The van der Waals surface area contributed by atoms with Gasteiger partial charge in [-0.25, -0.2) is 14.1 Å². The highest BCUT2D eigenvalue weighted by Gasteiger charge is 2.61. The first kappa shape index (κ1) is 18.5. The lowest BCUT2D eigenvalue weighted by Gasteiger charge is -2.60. The van der Waals surface area contributed by atoms with Crippen LogP contribution < -0.4 is 5.32 Å². The van der Waals surface area contributed by atoms with E-state index in [9.17, 15) is 19.3 Å². The second-order valence-corrected chi connectivity index (χ2v) is 9.14. The molecule has 4 atom stereocenters. The fourth-order valence-corrected chi connectivity index (χ4v) is 6.32. The van der Waals surface area contributed by atoms with Crippen LogP contribution in [0.4, 0.5) is 15.8 Å². The van der Waals surface area contributed by atoms with E-state index in [1.165, 1.54) is 0 Å². The van der Waals surface area contributed by atoms with Gasteiger partial charge in [-0.15, -0.1) is 5.10 Å². The Morgan fingerprint density at radius 2 is 2.03 bits per heavy atom. The van der Waals surface area contributed by atoms with Crippen molar-refractivity contribution < 1.29 is 14.1 Å². The number of nitrogens with one attached hydrogen (secondary N) is 1. The van der Waals surface area contributed by atoms with Gasteiger partial charge in [0.05, 0.1) is 21.6 Å². The Kier molecular flexibility index (Phi) is 3.96. The average Bonchev–Trinajstić information content (AvgIpc) is 3.09. The zero-order valence-corrected chi connectivity index (χ0v) is 16.2. The van der Waals surface area contributed by atoms with Gasteiger partial charge in [0.25, 0.3) is 5.69 Å². The van der Waals surface area contributed by atoms with Gasteiger partial charge >= 0.3 is 0 Å². The lowest BCUT2D eigenvalue weighted by atomic mass is 9.46. The van der Waals surface area contributed by atoms with Crippen LogP contribution in [0.5, 0.6) is 0 Å². The Morgan fingerprint density at radius 3 is 2.66 bits per heavy atom. The summed E-state index contributed by atoms with van der Waals surface area (Å²) < 4.78 is 16.0. The minimum Gasteiger partial charge on any atom is -0.323 e. The highest BCUT2D eigenvalue weighted by molar-refractivity contribution is 6.28. The van der Waals surface area contributed by atoms with Crippen LogP contribution in [0.3, 0.4) is 0 Å². The van der Waals surface area contributed by atoms with Crippen molar-refractivity contribution in [2.75, 3.05) is 5.32 Å². The molecule has 1 aromatic carbocycles. The molecule has 4 aliphatic rings. The maximum absolute atomic E-state index is 14.2. The molecule has 1 N–H and O–H groups in total. The molecule has 4 saturated carbocycles. The standard InChI is InChI=1S/C19H19ClFN5O3/c20-17-22-10-25(24-17)19-7-11-3-12(8-19)6-18(5-11,9-19)16(27)23-15-4-13(26(28)29)1-2-14(15)21/h1-2,4,10-12H,3,5-9H2,(H,23,27)/t11-,12+,18?,19?. The van der Waals surface area contributed by atoms with Gasteiger partial charge in [-0.2, -0.15) is 0 Å². The van der Waals surface area contributed by atoms with Crippen LogP contribution in [0, 0.1) is 33.2 Å². The third-order valence-corrected chi connectivity index (χ3v) is 7.04. The van der Waals surface area contributed by atoms with E-state index in [2.05, 4.69) is 15.4 Å². The highest BCUT2D eigenvalue weighted by Crippen LogP contribution is 2.64. The molecule has 4 fully saturated rings. The summed E-state index contributed by atoms with van der Waals surface area (Å²) in [4.78, 5) is 27.8. The van der Waals surface area contributed by atoms with Crippen LogP contribution >= 0.6 is 11.6 Å². The molecule has 4 aliphatic carbocycles. The summed E-state index contributed by atoms with van der Waals surface area (Å²) in [5, 5.41) is 18.2. The van der Waals surface area contributed by atoms with Gasteiger partial charge in [-0.05, 0) is 68.0 Å². The number of nitro groups is 1. The number of hydrogen-bond acceptors (Lipinski definition) is 5. The van der Waals surface area contributed by atoms with Crippen molar-refractivity contribution in [1.82, 2.24) is 14.8 Å². The van der Waals surface area contributed by atoms with Gasteiger partial charge in [0, 0.05) is 12.1 Å². The molecule has 0 radical (unpaired) electrons. The van der Waals surface area contributed by atoms with Crippen molar-refractivity contribution in [3.05, 3.63) is 45.7 Å². The lowest BCUT2D eigenvalue weighted by molar-refractivity contribution is -0.384. The van der Waals surface area contributed by atoms with Gasteiger partial charge in [-0.1, -0.05) is 0 Å².